The fourth-order valence-corrected chi connectivity index (χ4v) is 2.56. The van der Waals surface area contributed by atoms with E-state index in [0.29, 0.717) is 11.6 Å². The van der Waals surface area contributed by atoms with Gasteiger partial charge >= 0.3 is 0 Å². The molecule has 2 rings (SSSR count). The number of anilines is 1. The predicted octanol–water partition coefficient (Wildman–Crippen LogP) is 3.48. The summed E-state index contributed by atoms with van der Waals surface area (Å²) in [7, 11) is 0. The highest BCUT2D eigenvalue weighted by atomic mass is 79.9. The van der Waals surface area contributed by atoms with Gasteiger partial charge in [0.25, 0.3) is 0 Å². The van der Waals surface area contributed by atoms with E-state index in [-0.39, 0.29) is 6.04 Å². The van der Waals surface area contributed by atoms with Crippen LogP contribution in [0.15, 0.2) is 47.1 Å². The normalized spacial score (nSPS) is 12.2. The molecule has 0 saturated carbocycles. The number of halogens is 2. The van der Waals surface area contributed by atoms with Crippen molar-refractivity contribution < 1.29 is 0 Å². The largest absolute Gasteiger partial charge is 0.365 e. The van der Waals surface area contributed by atoms with Crippen LogP contribution in [0.5, 0.6) is 0 Å². The minimum atomic E-state index is 0.132. The van der Waals surface area contributed by atoms with Crippen LogP contribution in [-0.2, 0) is 6.42 Å². The average Bonchev–Trinajstić information content (AvgIpc) is 2.42. The highest BCUT2D eigenvalue weighted by molar-refractivity contribution is 9.10. The third-order valence-corrected chi connectivity index (χ3v) is 3.57. The number of aromatic nitrogens is 1. The van der Waals surface area contributed by atoms with Crippen LogP contribution in [0.3, 0.4) is 0 Å². The maximum absolute atomic E-state index is 5.87. The molecule has 3 nitrogen and oxygen atoms in total. The van der Waals surface area contributed by atoms with Crippen LogP contribution < -0.4 is 11.1 Å². The fourth-order valence-electron chi connectivity index (χ4n) is 1.81. The van der Waals surface area contributed by atoms with Crippen molar-refractivity contribution in [2.24, 2.45) is 5.73 Å². The molecule has 1 atom stereocenters. The summed E-state index contributed by atoms with van der Waals surface area (Å²) in [5.41, 5.74) is 7.06. The third-order valence-electron chi connectivity index (χ3n) is 2.76. The molecule has 0 aliphatic rings. The second kappa shape index (κ2) is 6.89. The Balaban J connectivity index is 2.06. The first kappa shape index (κ1) is 14.3. The quantitative estimate of drug-likeness (QED) is 0.876. The maximum atomic E-state index is 5.87. The molecule has 0 fully saturated rings. The molecule has 0 spiro atoms. The number of nitrogens with zero attached hydrogens (tertiary/aromatic N) is 1. The van der Waals surface area contributed by atoms with Crippen LogP contribution in [0, 0.1) is 0 Å². The molecule has 1 aromatic carbocycles. The summed E-state index contributed by atoms with van der Waals surface area (Å²) < 4.78 is 0.839. The number of hydrogen-bond acceptors (Lipinski definition) is 3. The minimum absolute atomic E-state index is 0.132. The van der Waals surface area contributed by atoms with Crippen molar-refractivity contribution in [3.05, 3.63) is 57.7 Å². The lowest BCUT2D eigenvalue weighted by Crippen LogP contribution is -2.31. The molecule has 1 heterocycles. The summed E-state index contributed by atoms with van der Waals surface area (Å²) in [6.45, 7) is 0.533. The summed E-state index contributed by atoms with van der Waals surface area (Å²) >= 11 is 9.31. The van der Waals surface area contributed by atoms with Crippen LogP contribution in [0.25, 0.3) is 0 Å². The molecule has 0 bridgehead atoms. The lowest BCUT2D eigenvalue weighted by molar-refractivity contribution is 0.719. The Morgan fingerprint density at radius 2 is 2.05 bits per heavy atom. The Hall–Kier alpha value is -1.10. The van der Waals surface area contributed by atoms with Gasteiger partial charge in [0, 0.05) is 18.8 Å². The Morgan fingerprint density at radius 1 is 1.32 bits per heavy atom. The van der Waals surface area contributed by atoms with Crippen molar-refractivity contribution in [1.82, 2.24) is 4.98 Å². The molecular formula is C14H15BrClN3. The summed E-state index contributed by atoms with van der Waals surface area (Å²) in [5.74, 6) is 0.760. The molecule has 0 saturated heterocycles. The van der Waals surface area contributed by atoms with Gasteiger partial charge in [-0.15, -0.1) is 0 Å². The molecule has 0 radical (unpaired) electrons. The Labute approximate surface area is 126 Å². The van der Waals surface area contributed by atoms with Crippen molar-refractivity contribution >= 4 is 33.3 Å². The average molecular weight is 341 g/mol. The van der Waals surface area contributed by atoms with Gasteiger partial charge in [-0.1, -0.05) is 41.9 Å². The molecular weight excluding hydrogens is 326 g/mol. The van der Waals surface area contributed by atoms with E-state index in [4.69, 9.17) is 17.3 Å². The number of nitrogens with two attached hydrogens (primary N) is 1. The topological polar surface area (TPSA) is 50.9 Å². The number of pyridine rings is 1. The molecule has 100 valence electrons. The van der Waals surface area contributed by atoms with Crippen LogP contribution in [0.4, 0.5) is 5.82 Å². The molecule has 2 aromatic rings. The van der Waals surface area contributed by atoms with Crippen molar-refractivity contribution in [2.45, 2.75) is 12.5 Å². The Morgan fingerprint density at radius 3 is 2.68 bits per heavy atom. The molecule has 0 aliphatic carbocycles. The van der Waals surface area contributed by atoms with Crippen molar-refractivity contribution in [1.29, 1.82) is 0 Å². The molecule has 1 unspecified atom stereocenters. The molecule has 0 aliphatic heterocycles. The highest BCUT2D eigenvalue weighted by Gasteiger charge is 2.10. The second-order valence-corrected chi connectivity index (χ2v) is 5.54. The van der Waals surface area contributed by atoms with E-state index in [9.17, 15) is 0 Å². The van der Waals surface area contributed by atoms with Gasteiger partial charge in [0.15, 0.2) is 0 Å². The monoisotopic (exact) mass is 339 g/mol. The minimum Gasteiger partial charge on any atom is -0.365 e. The van der Waals surface area contributed by atoms with Crippen molar-refractivity contribution in [2.75, 3.05) is 11.9 Å². The third kappa shape index (κ3) is 4.20. The zero-order chi connectivity index (χ0) is 13.7. The summed E-state index contributed by atoms with van der Waals surface area (Å²) in [6, 6.07) is 12.2. The summed E-state index contributed by atoms with van der Waals surface area (Å²) in [5, 5.41) is 3.93. The van der Waals surface area contributed by atoms with E-state index in [2.05, 4.69) is 38.4 Å². The first-order valence-corrected chi connectivity index (χ1v) is 7.17. The van der Waals surface area contributed by atoms with Crippen LogP contribution >= 0.6 is 27.5 Å². The van der Waals surface area contributed by atoms with Crippen LogP contribution in [0.2, 0.25) is 5.02 Å². The molecule has 1 aromatic heterocycles. The van der Waals surface area contributed by atoms with E-state index in [1.807, 2.05) is 24.3 Å². The Kier molecular flexibility index (Phi) is 5.19. The van der Waals surface area contributed by atoms with E-state index in [0.717, 1.165) is 16.7 Å². The van der Waals surface area contributed by atoms with Crippen molar-refractivity contribution in [3.8, 4) is 0 Å². The number of hydrogen-bond donors (Lipinski definition) is 2. The highest BCUT2D eigenvalue weighted by Crippen LogP contribution is 2.24. The predicted molar refractivity (Wildman–Crippen MR) is 83.6 cm³/mol. The lowest BCUT2D eigenvalue weighted by atomic mass is 10.1. The molecule has 5 heteroatoms. The lowest BCUT2D eigenvalue weighted by Gasteiger charge is -2.18. The van der Waals surface area contributed by atoms with Gasteiger partial charge in [0.05, 0.1) is 9.50 Å². The van der Waals surface area contributed by atoms with Crippen molar-refractivity contribution in [3.63, 3.8) is 0 Å². The van der Waals surface area contributed by atoms with Gasteiger partial charge in [0.2, 0.25) is 0 Å². The standard InChI is InChI=1S/C14H15BrClN3/c15-13-7-11(16)9-18-14(13)19-12(8-17)6-10-4-2-1-3-5-10/h1-5,7,9,12H,6,8,17H2,(H,18,19). The number of benzene rings is 1. The van der Waals surface area contributed by atoms with Crippen LogP contribution in [0.1, 0.15) is 5.56 Å². The van der Waals surface area contributed by atoms with E-state index in [1.165, 1.54) is 5.56 Å². The first-order valence-electron chi connectivity index (χ1n) is 6.00. The number of nitrogens with one attached hydrogen (secondary N) is 1. The fraction of sp³-hybridized carbons (Fsp3) is 0.214. The van der Waals surface area contributed by atoms with E-state index in [1.54, 1.807) is 6.20 Å². The summed E-state index contributed by atoms with van der Waals surface area (Å²) in [6.07, 6.45) is 2.47. The first-order chi connectivity index (χ1) is 9.19. The van der Waals surface area contributed by atoms with E-state index >= 15 is 0 Å². The van der Waals surface area contributed by atoms with Gasteiger partial charge in [-0.3, -0.25) is 0 Å². The van der Waals surface area contributed by atoms with Gasteiger partial charge in [-0.05, 0) is 34.0 Å². The van der Waals surface area contributed by atoms with Gasteiger partial charge in [0.1, 0.15) is 5.82 Å². The second-order valence-electron chi connectivity index (χ2n) is 4.25. The Bertz CT molecular complexity index is 533. The smallest absolute Gasteiger partial charge is 0.140 e. The van der Waals surface area contributed by atoms with Gasteiger partial charge < -0.3 is 11.1 Å². The number of rotatable bonds is 5. The van der Waals surface area contributed by atoms with Crippen LogP contribution in [-0.4, -0.2) is 17.6 Å². The zero-order valence-electron chi connectivity index (χ0n) is 10.3. The van der Waals surface area contributed by atoms with Gasteiger partial charge in [-0.2, -0.15) is 0 Å². The molecule has 3 N–H and O–H groups in total. The summed E-state index contributed by atoms with van der Waals surface area (Å²) in [4.78, 5) is 4.26. The van der Waals surface area contributed by atoms with Gasteiger partial charge in [-0.25, -0.2) is 4.98 Å². The van der Waals surface area contributed by atoms with E-state index < -0.39 is 0 Å². The maximum Gasteiger partial charge on any atom is 0.140 e. The SMILES string of the molecule is NCC(Cc1ccccc1)Nc1ncc(Cl)cc1Br. The molecule has 0 amide bonds. The molecule has 19 heavy (non-hydrogen) atoms. The zero-order valence-corrected chi connectivity index (χ0v) is 12.7.